The van der Waals surface area contributed by atoms with E-state index in [9.17, 15) is 4.79 Å². The highest BCUT2D eigenvalue weighted by Gasteiger charge is 2.14. The van der Waals surface area contributed by atoms with Crippen molar-refractivity contribution in [2.24, 2.45) is 0 Å². The maximum Gasteiger partial charge on any atom is 0.224 e. The van der Waals surface area contributed by atoms with Crippen molar-refractivity contribution in [1.82, 2.24) is 5.32 Å². The molecule has 1 aliphatic rings. The zero-order valence-corrected chi connectivity index (χ0v) is 13.3. The van der Waals surface area contributed by atoms with E-state index in [1.165, 1.54) is 17.5 Å². The first-order chi connectivity index (χ1) is 11.3. The first kappa shape index (κ1) is 15.8. The summed E-state index contributed by atoms with van der Waals surface area (Å²) in [6.07, 6.45) is 3.99. The minimum absolute atomic E-state index is 0.0617. The fraction of sp³-hybridized carbons (Fsp3) is 0.350. The molecule has 1 N–H and O–H groups in total. The van der Waals surface area contributed by atoms with E-state index >= 15 is 0 Å². The van der Waals surface area contributed by atoms with E-state index in [0.29, 0.717) is 13.0 Å². The molecule has 0 spiro atoms. The standard InChI is InChI=1S/C20H23NO2/c22-20(21-15-19-8-4-5-13-23-19)14-16-9-11-18(12-10-16)17-6-2-1-3-7-17/h1-3,6-7,9-12,19H,4-5,8,13-15H2,(H,21,22)/t19-/m0/s1. The molecule has 1 aliphatic heterocycles. The van der Waals surface area contributed by atoms with Crippen LogP contribution in [0.4, 0.5) is 0 Å². The third kappa shape index (κ3) is 4.67. The third-order valence-corrected chi connectivity index (χ3v) is 4.23. The van der Waals surface area contributed by atoms with Crippen molar-refractivity contribution < 1.29 is 9.53 Å². The molecule has 1 saturated heterocycles. The molecule has 3 rings (SSSR count). The molecule has 1 fully saturated rings. The molecule has 0 radical (unpaired) electrons. The van der Waals surface area contributed by atoms with Crippen LogP contribution in [0, 0.1) is 0 Å². The fourth-order valence-corrected chi connectivity index (χ4v) is 2.89. The Morgan fingerprint density at radius 3 is 2.43 bits per heavy atom. The second kappa shape index (κ2) is 7.93. The molecule has 0 saturated carbocycles. The van der Waals surface area contributed by atoms with E-state index in [2.05, 4.69) is 29.6 Å². The molecule has 2 aromatic carbocycles. The Hall–Kier alpha value is -2.13. The molecule has 3 nitrogen and oxygen atoms in total. The lowest BCUT2D eigenvalue weighted by atomic mass is 10.0. The summed E-state index contributed by atoms with van der Waals surface area (Å²) in [5.74, 6) is 0.0617. The van der Waals surface area contributed by atoms with Crippen molar-refractivity contribution in [3.05, 3.63) is 60.2 Å². The Morgan fingerprint density at radius 2 is 1.74 bits per heavy atom. The molecule has 1 amide bonds. The molecule has 120 valence electrons. The number of carbonyl (C=O) groups excluding carboxylic acids is 1. The van der Waals surface area contributed by atoms with E-state index in [1.807, 2.05) is 30.3 Å². The lowest BCUT2D eigenvalue weighted by Crippen LogP contribution is -2.36. The predicted octanol–water partition coefficient (Wildman–Crippen LogP) is 3.58. The number of rotatable bonds is 5. The summed E-state index contributed by atoms with van der Waals surface area (Å²) < 4.78 is 5.63. The Balaban J connectivity index is 1.50. The maximum atomic E-state index is 12.0. The molecule has 0 bridgehead atoms. The highest BCUT2D eigenvalue weighted by atomic mass is 16.5. The molecular formula is C20H23NO2. The van der Waals surface area contributed by atoms with Gasteiger partial charge in [-0.1, -0.05) is 54.6 Å². The second-order valence-corrected chi connectivity index (χ2v) is 6.03. The van der Waals surface area contributed by atoms with Crippen molar-refractivity contribution in [2.75, 3.05) is 13.2 Å². The van der Waals surface area contributed by atoms with E-state index in [4.69, 9.17) is 4.74 Å². The van der Waals surface area contributed by atoms with Crippen molar-refractivity contribution in [2.45, 2.75) is 31.8 Å². The number of carbonyl (C=O) groups is 1. The summed E-state index contributed by atoms with van der Waals surface area (Å²) in [4.78, 5) is 12.0. The van der Waals surface area contributed by atoms with Gasteiger partial charge in [0.1, 0.15) is 0 Å². The van der Waals surface area contributed by atoms with Crippen LogP contribution in [0.1, 0.15) is 24.8 Å². The summed E-state index contributed by atoms with van der Waals surface area (Å²) in [5.41, 5.74) is 3.40. The molecule has 23 heavy (non-hydrogen) atoms. The van der Waals surface area contributed by atoms with Gasteiger partial charge < -0.3 is 10.1 Å². The van der Waals surface area contributed by atoms with Crippen LogP contribution in [0.3, 0.4) is 0 Å². The Morgan fingerprint density at radius 1 is 1.00 bits per heavy atom. The van der Waals surface area contributed by atoms with Crippen LogP contribution in [-0.4, -0.2) is 25.2 Å². The molecule has 0 aromatic heterocycles. The number of amides is 1. The van der Waals surface area contributed by atoms with Gasteiger partial charge in [-0.05, 0) is 36.0 Å². The molecule has 0 aliphatic carbocycles. The first-order valence-corrected chi connectivity index (χ1v) is 8.34. The summed E-state index contributed by atoms with van der Waals surface area (Å²) in [7, 11) is 0. The Bertz CT molecular complexity index is 616. The van der Waals surface area contributed by atoms with Crippen molar-refractivity contribution >= 4 is 5.91 Å². The minimum atomic E-state index is 0.0617. The van der Waals surface area contributed by atoms with Crippen molar-refractivity contribution in [1.29, 1.82) is 0 Å². The van der Waals surface area contributed by atoms with Crippen LogP contribution in [-0.2, 0) is 16.0 Å². The van der Waals surface area contributed by atoms with Crippen LogP contribution in [0.2, 0.25) is 0 Å². The SMILES string of the molecule is O=C(Cc1ccc(-c2ccccc2)cc1)NC[C@@H]1CCCCO1. The Kier molecular flexibility index (Phi) is 5.43. The first-order valence-electron chi connectivity index (χ1n) is 8.34. The monoisotopic (exact) mass is 309 g/mol. The number of benzene rings is 2. The van der Waals surface area contributed by atoms with Gasteiger partial charge in [-0.25, -0.2) is 0 Å². The topological polar surface area (TPSA) is 38.3 Å². The molecular weight excluding hydrogens is 286 g/mol. The molecule has 1 heterocycles. The minimum Gasteiger partial charge on any atom is -0.376 e. The van der Waals surface area contributed by atoms with Gasteiger partial charge in [-0.3, -0.25) is 4.79 Å². The largest absolute Gasteiger partial charge is 0.376 e. The van der Waals surface area contributed by atoms with Crippen LogP contribution in [0.5, 0.6) is 0 Å². The smallest absolute Gasteiger partial charge is 0.224 e. The highest BCUT2D eigenvalue weighted by Crippen LogP contribution is 2.19. The number of ether oxygens (including phenoxy) is 1. The molecule has 2 aromatic rings. The van der Waals surface area contributed by atoms with Gasteiger partial charge in [0, 0.05) is 13.2 Å². The van der Waals surface area contributed by atoms with E-state index in [-0.39, 0.29) is 12.0 Å². The second-order valence-electron chi connectivity index (χ2n) is 6.03. The van der Waals surface area contributed by atoms with Crippen molar-refractivity contribution in [3.63, 3.8) is 0 Å². The van der Waals surface area contributed by atoms with Gasteiger partial charge >= 0.3 is 0 Å². The van der Waals surface area contributed by atoms with Gasteiger partial charge in [0.05, 0.1) is 12.5 Å². The van der Waals surface area contributed by atoms with E-state index < -0.39 is 0 Å². The summed E-state index contributed by atoms with van der Waals surface area (Å²) in [6, 6.07) is 18.5. The van der Waals surface area contributed by atoms with Crippen LogP contribution in [0.15, 0.2) is 54.6 Å². The predicted molar refractivity (Wildman–Crippen MR) is 92.2 cm³/mol. The summed E-state index contributed by atoms with van der Waals surface area (Å²) in [5, 5.41) is 2.98. The molecule has 1 atom stereocenters. The van der Waals surface area contributed by atoms with Gasteiger partial charge in [0.2, 0.25) is 5.91 Å². The highest BCUT2D eigenvalue weighted by molar-refractivity contribution is 5.78. The van der Waals surface area contributed by atoms with Gasteiger partial charge in [-0.15, -0.1) is 0 Å². The fourth-order valence-electron chi connectivity index (χ4n) is 2.89. The maximum absolute atomic E-state index is 12.0. The lowest BCUT2D eigenvalue weighted by Gasteiger charge is -2.22. The normalized spacial score (nSPS) is 17.7. The van der Waals surface area contributed by atoms with E-state index in [1.54, 1.807) is 0 Å². The van der Waals surface area contributed by atoms with Crippen molar-refractivity contribution in [3.8, 4) is 11.1 Å². The zero-order chi connectivity index (χ0) is 15.9. The molecule has 0 unspecified atom stereocenters. The zero-order valence-electron chi connectivity index (χ0n) is 13.3. The average molecular weight is 309 g/mol. The van der Waals surface area contributed by atoms with E-state index in [0.717, 1.165) is 25.0 Å². The third-order valence-electron chi connectivity index (χ3n) is 4.23. The number of nitrogens with one attached hydrogen (secondary N) is 1. The van der Waals surface area contributed by atoms with Gasteiger partial charge in [0.15, 0.2) is 0 Å². The van der Waals surface area contributed by atoms with Gasteiger partial charge in [0.25, 0.3) is 0 Å². The number of hydrogen-bond acceptors (Lipinski definition) is 2. The van der Waals surface area contributed by atoms with Gasteiger partial charge in [-0.2, -0.15) is 0 Å². The average Bonchev–Trinajstić information content (AvgIpc) is 2.62. The van der Waals surface area contributed by atoms with Crippen LogP contribution < -0.4 is 5.32 Å². The summed E-state index contributed by atoms with van der Waals surface area (Å²) in [6.45, 7) is 1.45. The van der Waals surface area contributed by atoms with Crippen LogP contribution in [0.25, 0.3) is 11.1 Å². The lowest BCUT2D eigenvalue weighted by molar-refractivity contribution is -0.121. The number of hydrogen-bond donors (Lipinski definition) is 1. The Labute approximate surface area is 137 Å². The quantitative estimate of drug-likeness (QED) is 0.917. The van der Waals surface area contributed by atoms with Crippen LogP contribution >= 0.6 is 0 Å². The molecule has 3 heteroatoms. The summed E-state index contributed by atoms with van der Waals surface area (Å²) >= 11 is 0.